The molecule has 1 aromatic carbocycles. The van der Waals surface area contributed by atoms with Gasteiger partial charge in [-0.25, -0.2) is 9.37 Å². The molecule has 2 aromatic heterocycles. The molecule has 114 valence electrons. The van der Waals surface area contributed by atoms with Gasteiger partial charge in [0.2, 0.25) is 0 Å². The number of nitrogens with one attached hydrogen (secondary N) is 2. The number of hydrogen-bond donors (Lipinski definition) is 2. The van der Waals surface area contributed by atoms with Gasteiger partial charge in [0, 0.05) is 10.6 Å². The Morgan fingerprint density at radius 3 is 2.64 bits per heavy atom. The number of aromatic amines is 1. The second kappa shape index (κ2) is 5.53. The van der Waals surface area contributed by atoms with E-state index >= 15 is 0 Å². The highest BCUT2D eigenvalue weighted by atomic mass is 32.1. The molecule has 3 rings (SSSR count). The van der Waals surface area contributed by atoms with Crippen LogP contribution in [0.4, 0.5) is 10.1 Å². The van der Waals surface area contributed by atoms with Crippen molar-refractivity contribution in [1.82, 2.24) is 9.97 Å². The maximum Gasteiger partial charge on any atom is 0.259 e. The van der Waals surface area contributed by atoms with Crippen LogP contribution in [0, 0.1) is 19.7 Å². The molecule has 0 unspecified atom stereocenters. The molecular formula is C16H16FN3OS. The maximum atomic E-state index is 12.9. The van der Waals surface area contributed by atoms with E-state index in [1.54, 1.807) is 12.1 Å². The first kappa shape index (κ1) is 14.7. The average Bonchev–Trinajstić information content (AvgIpc) is 2.77. The fourth-order valence-corrected chi connectivity index (χ4v) is 3.38. The minimum absolute atomic E-state index is 0.116. The van der Waals surface area contributed by atoms with E-state index in [2.05, 4.69) is 15.3 Å². The summed E-state index contributed by atoms with van der Waals surface area (Å²) < 4.78 is 12.9. The predicted octanol–water partition coefficient (Wildman–Crippen LogP) is 3.91. The van der Waals surface area contributed by atoms with Crippen molar-refractivity contribution in [3.63, 3.8) is 0 Å². The third-order valence-corrected chi connectivity index (χ3v) is 4.80. The number of aryl methyl sites for hydroxylation is 2. The molecule has 0 bridgehead atoms. The SMILES string of the molecule is Cc1sc2nc([C@H](C)Nc3ccc(F)cc3)[nH]c(=O)c2c1C. The van der Waals surface area contributed by atoms with Crippen molar-refractivity contribution in [1.29, 1.82) is 0 Å². The van der Waals surface area contributed by atoms with Crippen molar-refractivity contribution < 1.29 is 4.39 Å². The zero-order valence-corrected chi connectivity index (χ0v) is 13.3. The van der Waals surface area contributed by atoms with E-state index < -0.39 is 0 Å². The minimum atomic E-state index is -0.282. The van der Waals surface area contributed by atoms with Crippen molar-refractivity contribution in [2.45, 2.75) is 26.8 Å². The van der Waals surface area contributed by atoms with Gasteiger partial charge < -0.3 is 10.3 Å². The number of H-pyrrole nitrogens is 1. The summed E-state index contributed by atoms with van der Waals surface area (Å²) in [5.41, 5.74) is 1.64. The van der Waals surface area contributed by atoms with E-state index in [4.69, 9.17) is 0 Å². The lowest BCUT2D eigenvalue weighted by Gasteiger charge is -2.14. The zero-order valence-electron chi connectivity index (χ0n) is 12.5. The van der Waals surface area contributed by atoms with Crippen LogP contribution >= 0.6 is 11.3 Å². The molecule has 0 amide bonds. The van der Waals surface area contributed by atoms with Gasteiger partial charge in [0.25, 0.3) is 5.56 Å². The molecule has 0 aliphatic heterocycles. The van der Waals surface area contributed by atoms with E-state index in [-0.39, 0.29) is 17.4 Å². The van der Waals surface area contributed by atoms with Crippen LogP contribution < -0.4 is 10.9 Å². The number of benzene rings is 1. The van der Waals surface area contributed by atoms with E-state index in [0.717, 1.165) is 21.0 Å². The largest absolute Gasteiger partial charge is 0.375 e. The fourth-order valence-electron chi connectivity index (χ4n) is 2.34. The third kappa shape index (κ3) is 2.62. The average molecular weight is 317 g/mol. The van der Waals surface area contributed by atoms with Crippen LogP contribution in [0.25, 0.3) is 10.2 Å². The molecule has 2 heterocycles. The molecule has 0 saturated carbocycles. The lowest BCUT2D eigenvalue weighted by molar-refractivity contribution is 0.628. The summed E-state index contributed by atoms with van der Waals surface area (Å²) in [6.07, 6.45) is 0. The van der Waals surface area contributed by atoms with Crippen molar-refractivity contribution in [3.8, 4) is 0 Å². The van der Waals surface area contributed by atoms with Gasteiger partial charge in [-0.05, 0) is 50.6 Å². The molecule has 0 fully saturated rings. The topological polar surface area (TPSA) is 57.8 Å². The normalized spacial score (nSPS) is 12.5. The van der Waals surface area contributed by atoms with Gasteiger partial charge in [0.1, 0.15) is 16.5 Å². The Hall–Kier alpha value is -2.21. The Labute approximate surface area is 131 Å². The van der Waals surface area contributed by atoms with Gasteiger partial charge in [-0.2, -0.15) is 0 Å². The number of anilines is 1. The number of rotatable bonds is 3. The summed E-state index contributed by atoms with van der Waals surface area (Å²) in [5, 5.41) is 3.87. The molecule has 6 heteroatoms. The molecular weight excluding hydrogens is 301 g/mol. The van der Waals surface area contributed by atoms with Crippen molar-refractivity contribution in [3.05, 3.63) is 56.7 Å². The molecule has 0 radical (unpaired) electrons. The van der Waals surface area contributed by atoms with Gasteiger partial charge in [0.05, 0.1) is 11.4 Å². The second-order valence-corrected chi connectivity index (χ2v) is 6.49. The Balaban J connectivity index is 1.95. The van der Waals surface area contributed by atoms with Gasteiger partial charge >= 0.3 is 0 Å². The van der Waals surface area contributed by atoms with Gasteiger partial charge in [-0.15, -0.1) is 11.3 Å². The lowest BCUT2D eigenvalue weighted by atomic mass is 10.2. The number of aromatic nitrogens is 2. The molecule has 4 nitrogen and oxygen atoms in total. The van der Waals surface area contributed by atoms with Crippen LogP contribution in [-0.2, 0) is 0 Å². The number of halogens is 1. The van der Waals surface area contributed by atoms with Crippen LogP contribution in [0.15, 0.2) is 29.1 Å². The van der Waals surface area contributed by atoms with Crippen LogP contribution in [0.3, 0.4) is 0 Å². The lowest BCUT2D eigenvalue weighted by Crippen LogP contribution is -2.17. The van der Waals surface area contributed by atoms with E-state index in [0.29, 0.717) is 11.2 Å². The summed E-state index contributed by atoms with van der Waals surface area (Å²) in [6, 6.07) is 5.90. The molecule has 22 heavy (non-hydrogen) atoms. The molecule has 0 spiro atoms. The van der Waals surface area contributed by atoms with Gasteiger partial charge in [-0.1, -0.05) is 0 Å². The van der Waals surface area contributed by atoms with Crippen LogP contribution in [0.2, 0.25) is 0 Å². The zero-order chi connectivity index (χ0) is 15.9. The van der Waals surface area contributed by atoms with E-state index in [1.807, 2.05) is 20.8 Å². The standard InChI is InChI=1S/C16H16FN3OS/c1-8-10(3)22-16-13(8)15(21)19-14(20-16)9(2)18-12-6-4-11(17)5-7-12/h4-7,9,18H,1-3H3,(H,19,20,21)/t9-/m0/s1. The second-order valence-electron chi connectivity index (χ2n) is 5.29. The molecule has 0 saturated heterocycles. The Bertz CT molecular complexity index is 883. The smallest absolute Gasteiger partial charge is 0.259 e. The van der Waals surface area contributed by atoms with E-state index in [1.165, 1.54) is 23.5 Å². The van der Waals surface area contributed by atoms with Crippen molar-refractivity contribution >= 4 is 27.2 Å². The Kier molecular flexibility index (Phi) is 3.70. The van der Waals surface area contributed by atoms with E-state index in [9.17, 15) is 9.18 Å². The van der Waals surface area contributed by atoms with Gasteiger partial charge in [0.15, 0.2) is 0 Å². The quantitative estimate of drug-likeness (QED) is 0.770. The number of nitrogens with zero attached hydrogens (tertiary/aromatic N) is 1. The predicted molar refractivity (Wildman–Crippen MR) is 88.2 cm³/mol. The maximum absolute atomic E-state index is 12.9. The van der Waals surface area contributed by atoms with Crippen molar-refractivity contribution in [2.24, 2.45) is 0 Å². The summed E-state index contributed by atoms with van der Waals surface area (Å²) in [4.78, 5) is 21.5. The highest BCUT2D eigenvalue weighted by Gasteiger charge is 2.15. The number of hydrogen-bond acceptors (Lipinski definition) is 4. The van der Waals surface area contributed by atoms with Crippen LogP contribution in [0.1, 0.15) is 29.2 Å². The minimum Gasteiger partial charge on any atom is -0.375 e. The summed E-state index contributed by atoms with van der Waals surface area (Å²) in [6.45, 7) is 5.83. The number of thiophene rings is 1. The third-order valence-electron chi connectivity index (χ3n) is 3.69. The Morgan fingerprint density at radius 2 is 1.95 bits per heavy atom. The first-order valence-electron chi connectivity index (χ1n) is 6.97. The highest BCUT2D eigenvalue weighted by molar-refractivity contribution is 7.18. The summed E-state index contributed by atoms with van der Waals surface area (Å²) >= 11 is 1.52. The van der Waals surface area contributed by atoms with Gasteiger partial charge in [-0.3, -0.25) is 4.79 Å². The Morgan fingerprint density at radius 1 is 1.27 bits per heavy atom. The monoisotopic (exact) mass is 317 g/mol. The van der Waals surface area contributed by atoms with Crippen molar-refractivity contribution in [2.75, 3.05) is 5.32 Å². The summed E-state index contributed by atoms with van der Waals surface area (Å²) in [7, 11) is 0. The first-order chi connectivity index (χ1) is 10.5. The molecule has 0 aliphatic carbocycles. The number of fused-ring (bicyclic) bond motifs is 1. The highest BCUT2D eigenvalue weighted by Crippen LogP contribution is 2.27. The summed E-state index contributed by atoms with van der Waals surface area (Å²) in [5.74, 6) is 0.291. The molecule has 1 atom stereocenters. The fraction of sp³-hybridized carbons (Fsp3) is 0.250. The first-order valence-corrected chi connectivity index (χ1v) is 7.79. The van der Waals surface area contributed by atoms with Crippen LogP contribution in [0.5, 0.6) is 0 Å². The molecule has 0 aliphatic rings. The molecule has 2 N–H and O–H groups in total. The van der Waals surface area contributed by atoms with Crippen LogP contribution in [-0.4, -0.2) is 9.97 Å². The molecule has 3 aromatic rings.